The zero-order chi connectivity index (χ0) is 45.2. The van der Waals surface area contributed by atoms with Crippen molar-refractivity contribution < 1.29 is 18.4 Å². The van der Waals surface area contributed by atoms with Gasteiger partial charge in [0.2, 0.25) is 0 Å². The van der Waals surface area contributed by atoms with E-state index in [2.05, 4.69) is 30.6 Å². The van der Waals surface area contributed by atoms with E-state index in [9.17, 15) is 18.4 Å². The lowest BCUT2D eigenvalue weighted by molar-refractivity contribution is 0.0937. The molecule has 10 aromatic rings. The standard InChI is InChI=1S/2C27H23FN4O/c2*28-21-8-6-19(7-9-21)12-13-30-26(20-4-2-1-3-5-20)27(33)24-17-31-25-16-22(10-11-23(24)25)32-15-14-29-18-32/h2*1-11,14-18,26,30-31H,12-13H2/t2*26-/m10/s1. The normalized spacial score (nSPS) is 12.2. The first-order valence-corrected chi connectivity index (χ1v) is 21.7. The molecule has 0 saturated carbocycles. The Balaban J connectivity index is 0.000000166. The van der Waals surface area contributed by atoms with Crippen LogP contribution in [0.15, 0.2) is 195 Å². The molecule has 4 aromatic heterocycles. The van der Waals surface area contributed by atoms with Crippen molar-refractivity contribution in [2.45, 2.75) is 24.9 Å². The van der Waals surface area contributed by atoms with Crippen molar-refractivity contribution in [2.75, 3.05) is 13.1 Å². The van der Waals surface area contributed by atoms with Gasteiger partial charge in [-0.3, -0.25) is 9.59 Å². The number of hydrogen-bond acceptors (Lipinski definition) is 6. The molecule has 0 unspecified atom stereocenters. The number of H-pyrrole nitrogens is 2. The zero-order valence-electron chi connectivity index (χ0n) is 35.8. The molecule has 0 saturated heterocycles. The van der Waals surface area contributed by atoms with Crippen molar-refractivity contribution in [1.29, 1.82) is 0 Å². The van der Waals surface area contributed by atoms with Crippen LogP contribution in [0.5, 0.6) is 0 Å². The van der Waals surface area contributed by atoms with Gasteiger partial charge in [0.15, 0.2) is 11.6 Å². The van der Waals surface area contributed by atoms with Gasteiger partial charge in [0.05, 0.1) is 24.7 Å². The quantitative estimate of drug-likeness (QED) is 0.0717. The molecule has 2 atom stereocenters. The first-order chi connectivity index (χ1) is 32.4. The average Bonchev–Trinajstić information content (AvgIpc) is 4.21. The van der Waals surface area contributed by atoms with Gasteiger partial charge in [0, 0.05) is 94.6 Å². The van der Waals surface area contributed by atoms with Crippen molar-refractivity contribution in [3.8, 4) is 11.4 Å². The highest BCUT2D eigenvalue weighted by Crippen LogP contribution is 2.28. The number of imidazole rings is 2. The zero-order valence-corrected chi connectivity index (χ0v) is 35.8. The van der Waals surface area contributed by atoms with Gasteiger partial charge < -0.3 is 29.7 Å². The van der Waals surface area contributed by atoms with E-state index >= 15 is 0 Å². The van der Waals surface area contributed by atoms with E-state index in [-0.39, 0.29) is 23.2 Å². The fourth-order valence-corrected chi connectivity index (χ4v) is 8.13. The van der Waals surface area contributed by atoms with Crippen LogP contribution in [-0.4, -0.2) is 53.7 Å². The second kappa shape index (κ2) is 20.2. The topological polar surface area (TPSA) is 125 Å². The van der Waals surface area contributed by atoms with Crippen LogP contribution in [0.1, 0.15) is 55.1 Å². The van der Waals surface area contributed by atoms with Gasteiger partial charge in [-0.25, -0.2) is 18.7 Å². The monoisotopic (exact) mass is 876 g/mol. The van der Waals surface area contributed by atoms with Crippen molar-refractivity contribution in [3.63, 3.8) is 0 Å². The van der Waals surface area contributed by atoms with E-state index < -0.39 is 12.1 Å². The predicted molar refractivity (Wildman–Crippen MR) is 254 cm³/mol. The minimum absolute atomic E-state index is 0.00179. The van der Waals surface area contributed by atoms with E-state index in [1.54, 1.807) is 61.7 Å². The summed E-state index contributed by atoms with van der Waals surface area (Å²) in [5.41, 5.74) is 8.86. The van der Waals surface area contributed by atoms with E-state index in [1.807, 2.05) is 119 Å². The first-order valence-electron chi connectivity index (χ1n) is 21.7. The molecule has 0 bridgehead atoms. The van der Waals surface area contributed by atoms with Crippen LogP contribution in [0.3, 0.4) is 0 Å². The average molecular weight is 877 g/mol. The van der Waals surface area contributed by atoms with Gasteiger partial charge in [0.25, 0.3) is 0 Å². The molecule has 10 nitrogen and oxygen atoms in total. The Morgan fingerprint density at radius 3 is 1.32 bits per heavy atom. The van der Waals surface area contributed by atoms with Crippen LogP contribution >= 0.6 is 0 Å². The van der Waals surface area contributed by atoms with Crippen LogP contribution in [0.2, 0.25) is 0 Å². The van der Waals surface area contributed by atoms with Crippen LogP contribution in [0, 0.1) is 11.6 Å². The molecule has 0 aliphatic carbocycles. The van der Waals surface area contributed by atoms with E-state index in [1.165, 1.54) is 24.3 Å². The molecule has 6 aromatic carbocycles. The second-order valence-electron chi connectivity index (χ2n) is 15.9. The molecule has 0 amide bonds. The largest absolute Gasteiger partial charge is 0.360 e. The number of carbonyl (C=O) groups is 2. The molecule has 328 valence electrons. The maximum atomic E-state index is 13.7. The first kappa shape index (κ1) is 43.2. The molecule has 0 aliphatic rings. The SMILES string of the molecule is O=C(c1c[nH]c2cc(-n3ccnc3)ccc12)[C@@H](NCCc1ccc(F)cc1)c1ccccc1.O=C(c1c[nH]c2cc(-n3ccnc3)ccc12)[C@H](NCCc1ccc(F)cc1)c1ccccc1. The van der Waals surface area contributed by atoms with E-state index in [0.717, 1.165) is 55.4 Å². The summed E-state index contributed by atoms with van der Waals surface area (Å²) in [6.07, 6.45) is 15.7. The number of aromatic nitrogens is 6. The second-order valence-corrected chi connectivity index (χ2v) is 15.9. The van der Waals surface area contributed by atoms with Crippen LogP contribution in [0.25, 0.3) is 33.2 Å². The maximum Gasteiger partial charge on any atom is 0.186 e. The molecule has 0 spiro atoms. The number of nitrogens with zero attached hydrogens (tertiary/aromatic N) is 4. The third-order valence-corrected chi connectivity index (χ3v) is 11.6. The Kier molecular flexibility index (Phi) is 13.2. The minimum atomic E-state index is -0.487. The number of benzene rings is 6. The smallest absolute Gasteiger partial charge is 0.186 e. The number of rotatable bonds is 16. The van der Waals surface area contributed by atoms with Crippen LogP contribution in [-0.2, 0) is 12.8 Å². The Morgan fingerprint density at radius 1 is 0.530 bits per heavy atom. The Bertz CT molecular complexity index is 2930. The molecular formula is C54H46F2N8O2. The van der Waals surface area contributed by atoms with Gasteiger partial charge >= 0.3 is 0 Å². The summed E-state index contributed by atoms with van der Waals surface area (Å²) in [5.74, 6) is -0.497. The Morgan fingerprint density at radius 2 is 0.939 bits per heavy atom. The van der Waals surface area contributed by atoms with Gasteiger partial charge in [-0.05, 0) is 83.6 Å². The van der Waals surface area contributed by atoms with E-state index in [0.29, 0.717) is 37.1 Å². The summed E-state index contributed by atoms with van der Waals surface area (Å²) in [7, 11) is 0. The molecule has 0 fully saturated rings. The highest BCUT2D eigenvalue weighted by molar-refractivity contribution is 6.11. The summed E-state index contributed by atoms with van der Waals surface area (Å²) in [5, 5.41) is 8.59. The lowest BCUT2D eigenvalue weighted by atomic mass is 9.96. The number of carbonyl (C=O) groups excluding carboxylic acids is 2. The number of hydrogen-bond donors (Lipinski definition) is 4. The molecule has 4 heterocycles. The van der Waals surface area contributed by atoms with Gasteiger partial charge in [-0.1, -0.05) is 97.1 Å². The molecule has 66 heavy (non-hydrogen) atoms. The van der Waals surface area contributed by atoms with Crippen molar-refractivity contribution in [1.82, 2.24) is 39.7 Å². The summed E-state index contributed by atoms with van der Waals surface area (Å²) in [6.45, 7) is 1.17. The minimum Gasteiger partial charge on any atom is -0.360 e. The summed E-state index contributed by atoms with van der Waals surface area (Å²) >= 11 is 0. The fraction of sp³-hybridized carbons (Fsp3) is 0.111. The lowest BCUT2D eigenvalue weighted by Gasteiger charge is -2.18. The number of nitrogens with one attached hydrogen (secondary N) is 4. The third-order valence-electron chi connectivity index (χ3n) is 11.6. The predicted octanol–water partition coefficient (Wildman–Crippen LogP) is 10.5. The fourth-order valence-electron chi connectivity index (χ4n) is 8.13. The highest BCUT2D eigenvalue weighted by atomic mass is 19.1. The van der Waals surface area contributed by atoms with E-state index in [4.69, 9.17) is 0 Å². The van der Waals surface area contributed by atoms with Crippen LogP contribution in [0.4, 0.5) is 8.78 Å². The molecule has 10 rings (SSSR count). The summed E-state index contributed by atoms with van der Waals surface area (Å²) in [6, 6.07) is 43.3. The van der Waals surface area contributed by atoms with Gasteiger partial charge in [0.1, 0.15) is 11.6 Å². The highest BCUT2D eigenvalue weighted by Gasteiger charge is 2.25. The number of halogens is 2. The molecule has 4 N–H and O–H groups in total. The van der Waals surface area contributed by atoms with Crippen molar-refractivity contribution in [2.24, 2.45) is 0 Å². The summed E-state index contributed by atoms with van der Waals surface area (Å²) in [4.78, 5) is 42.0. The molecule has 12 heteroatoms. The Labute approximate surface area is 380 Å². The maximum absolute atomic E-state index is 13.7. The third kappa shape index (κ3) is 10.0. The molecule has 0 aliphatic heterocycles. The lowest BCUT2D eigenvalue weighted by Crippen LogP contribution is -2.30. The van der Waals surface area contributed by atoms with Crippen molar-refractivity contribution >= 4 is 33.4 Å². The van der Waals surface area contributed by atoms with Crippen molar-refractivity contribution in [3.05, 3.63) is 240 Å². The molecular weight excluding hydrogens is 831 g/mol. The van der Waals surface area contributed by atoms with Crippen LogP contribution < -0.4 is 10.6 Å². The number of fused-ring (bicyclic) bond motifs is 2. The number of ketones is 2. The Hall–Kier alpha value is -8.06. The molecule has 0 radical (unpaired) electrons. The number of Topliss-reactive ketones (excluding diaryl/α,β-unsaturated/α-hetero) is 2. The van der Waals surface area contributed by atoms with Gasteiger partial charge in [-0.2, -0.15) is 0 Å². The summed E-state index contributed by atoms with van der Waals surface area (Å²) < 4.78 is 30.2. The number of aromatic amines is 2. The van der Waals surface area contributed by atoms with Gasteiger partial charge in [-0.15, -0.1) is 0 Å².